The first-order valence-corrected chi connectivity index (χ1v) is 9.19. The zero-order valence-corrected chi connectivity index (χ0v) is 15.2. The number of amides is 2. The molecular formula is C17H26N2O3S. The average molecular weight is 338 g/mol. The number of nitrogens with one attached hydrogen (secondary N) is 1. The summed E-state index contributed by atoms with van der Waals surface area (Å²) in [6.45, 7) is 5.75. The summed E-state index contributed by atoms with van der Waals surface area (Å²) in [7, 11) is 1.84. The first-order chi connectivity index (χ1) is 10.9. The molecule has 1 aromatic heterocycles. The van der Waals surface area contributed by atoms with Gasteiger partial charge in [-0.1, -0.05) is 6.92 Å². The largest absolute Gasteiger partial charge is 0.466 e. The van der Waals surface area contributed by atoms with E-state index in [2.05, 4.69) is 12.2 Å². The van der Waals surface area contributed by atoms with E-state index in [0.717, 1.165) is 18.6 Å². The van der Waals surface area contributed by atoms with Crippen LogP contribution in [-0.4, -0.2) is 47.4 Å². The van der Waals surface area contributed by atoms with Crippen molar-refractivity contribution in [1.82, 2.24) is 10.2 Å². The molecule has 2 rings (SSSR count). The Morgan fingerprint density at radius 1 is 1.39 bits per heavy atom. The summed E-state index contributed by atoms with van der Waals surface area (Å²) < 4.78 is 5.35. The van der Waals surface area contributed by atoms with Crippen molar-refractivity contribution in [3.8, 4) is 0 Å². The fourth-order valence-corrected chi connectivity index (χ4v) is 4.22. The molecule has 23 heavy (non-hydrogen) atoms. The fourth-order valence-electron chi connectivity index (χ4n) is 3.09. The predicted molar refractivity (Wildman–Crippen MR) is 92.8 cm³/mol. The lowest BCUT2D eigenvalue weighted by molar-refractivity contribution is -0.130. The number of aryl methyl sites for hydroxylation is 2. The molecule has 1 aromatic rings. The molecule has 1 fully saturated rings. The molecule has 1 heterocycles. The first kappa shape index (κ1) is 17.9. The summed E-state index contributed by atoms with van der Waals surface area (Å²) in [6.07, 6.45) is 3.27. The summed E-state index contributed by atoms with van der Waals surface area (Å²) in [5, 5.41) is 3.36. The molecule has 6 heteroatoms. The number of furan rings is 1. The van der Waals surface area contributed by atoms with Gasteiger partial charge in [0.25, 0.3) is 5.91 Å². The van der Waals surface area contributed by atoms with Gasteiger partial charge in [-0.3, -0.25) is 9.59 Å². The zero-order valence-electron chi connectivity index (χ0n) is 14.3. The molecule has 2 amide bonds. The number of nitrogens with zero attached hydrogens (tertiary/aromatic N) is 1. The van der Waals surface area contributed by atoms with Crippen LogP contribution in [-0.2, 0) is 4.79 Å². The second-order valence-electron chi connectivity index (χ2n) is 6.06. The molecule has 128 valence electrons. The topological polar surface area (TPSA) is 62.6 Å². The highest BCUT2D eigenvalue weighted by molar-refractivity contribution is 7.99. The number of hydrogen-bond donors (Lipinski definition) is 1. The summed E-state index contributed by atoms with van der Waals surface area (Å²) in [4.78, 5) is 26.2. The van der Waals surface area contributed by atoms with Crippen LogP contribution < -0.4 is 5.32 Å². The van der Waals surface area contributed by atoms with Crippen molar-refractivity contribution >= 4 is 23.6 Å². The zero-order chi connectivity index (χ0) is 17.0. The van der Waals surface area contributed by atoms with Gasteiger partial charge < -0.3 is 14.6 Å². The van der Waals surface area contributed by atoms with E-state index >= 15 is 0 Å². The van der Waals surface area contributed by atoms with Gasteiger partial charge in [0, 0.05) is 18.3 Å². The molecule has 0 aliphatic heterocycles. The summed E-state index contributed by atoms with van der Waals surface area (Å²) in [6, 6.07) is 1.99. The van der Waals surface area contributed by atoms with Gasteiger partial charge in [-0.2, -0.15) is 11.8 Å². The molecule has 2 unspecified atom stereocenters. The molecule has 5 nitrogen and oxygen atoms in total. The van der Waals surface area contributed by atoms with Gasteiger partial charge in [0.2, 0.25) is 5.91 Å². The van der Waals surface area contributed by atoms with Crippen molar-refractivity contribution in [3.63, 3.8) is 0 Å². The maximum absolute atomic E-state index is 12.3. The monoisotopic (exact) mass is 338 g/mol. The van der Waals surface area contributed by atoms with Crippen molar-refractivity contribution in [2.75, 3.05) is 19.3 Å². The van der Waals surface area contributed by atoms with Gasteiger partial charge >= 0.3 is 0 Å². The lowest BCUT2D eigenvalue weighted by Crippen LogP contribution is -2.42. The van der Waals surface area contributed by atoms with Crippen LogP contribution in [0.25, 0.3) is 0 Å². The molecule has 1 saturated carbocycles. The minimum atomic E-state index is -0.257. The molecule has 0 radical (unpaired) electrons. The van der Waals surface area contributed by atoms with Crippen molar-refractivity contribution in [3.05, 3.63) is 23.2 Å². The lowest BCUT2D eigenvalue weighted by atomic mass is 10.2. The van der Waals surface area contributed by atoms with Gasteiger partial charge in [0.1, 0.15) is 11.5 Å². The maximum Gasteiger partial charge on any atom is 0.255 e. The number of rotatable bonds is 6. The Bertz CT molecular complexity index is 570. The Labute approximate surface area is 142 Å². The molecule has 0 spiro atoms. The van der Waals surface area contributed by atoms with Crippen LogP contribution in [0.5, 0.6) is 0 Å². The summed E-state index contributed by atoms with van der Waals surface area (Å²) >= 11 is 1.97. The minimum Gasteiger partial charge on any atom is -0.466 e. The van der Waals surface area contributed by atoms with E-state index in [-0.39, 0.29) is 18.4 Å². The average Bonchev–Trinajstić information content (AvgIpc) is 3.10. The highest BCUT2D eigenvalue weighted by Crippen LogP contribution is 2.32. The standard InChI is InChI=1S/C17H26N2O3S/c1-5-23-14-7-6-13(9-14)19(4)16(20)10-18-17(21)15-8-11(2)22-12(15)3/h8,13-14H,5-7,9-10H2,1-4H3,(H,18,21). The number of hydrogen-bond acceptors (Lipinski definition) is 4. The van der Waals surface area contributed by atoms with E-state index in [1.54, 1.807) is 24.8 Å². The molecule has 1 aliphatic rings. The van der Waals surface area contributed by atoms with Crippen molar-refractivity contribution in [2.45, 2.75) is 51.3 Å². The molecule has 1 aliphatic carbocycles. The Morgan fingerprint density at radius 2 is 2.13 bits per heavy atom. The highest BCUT2D eigenvalue weighted by Gasteiger charge is 2.29. The van der Waals surface area contributed by atoms with Gasteiger partial charge in [-0.15, -0.1) is 0 Å². The van der Waals surface area contributed by atoms with Crippen LogP contribution in [0.4, 0.5) is 0 Å². The number of likely N-dealkylation sites (N-methyl/N-ethyl adjacent to an activating group) is 1. The fraction of sp³-hybridized carbons (Fsp3) is 0.647. The van der Waals surface area contributed by atoms with Gasteiger partial charge in [-0.05, 0) is 44.9 Å². The molecule has 0 saturated heterocycles. The van der Waals surface area contributed by atoms with Crippen LogP contribution in [0.15, 0.2) is 10.5 Å². The Morgan fingerprint density at radius 3 is 2.74 bits per heavy atom. The lowest BCUT2D eigenvalue weighted by Gasteiger charge is -2.24. The Balaban J connectivity index is 1.82. The predicted octanol–water partition coefficient (Wildman–Crippen LogP) is 2.76. The molecular weight excluding hydrogens is 312 g/mol. The SMILES string of the molecule is CCSC1CCC(N(C)C(=O)CNC(=O)c2cc(C)oc2C)C1. The second kappa shape index (κ2) is 7.90. The molecule has 0 bridgehead atoms. The number of carbonyl (C=O) groups is 2. The smallest absolute Gasteiger partial charge is 0.255 e. The third kappa shape index (κ3) is 4.53. The first-order valence-electron chi connectivity index (χ1n) is 8.14. The molecule has 1 N–H and O–H groups in total. The van der Waals surface area contributed by atoms with Crippen LogP contribution in [0, 0.1) is 13.8 Å². The van der Waals surface area contributed by atoms with Gasteiger partial charge in [0.05, 0.1) is 12.1 Å². The third-order valence-corrected chi connectivity index (χ3v) is 5.62. The van der Waals surface area contributed by atoms with Gasteiger partial charge in [-0.25, -0.2) is 0 Å². The van der Waals surface area contributed by atoms with Crippen LogP contribution in [0.1, 0.15) is 48.1 Å². The minimum absolute atomic E-state index is 0.0289. The molecule has 2 atom stereocenters. The summed E-state index contributed by atoms with van der Waals surface area (Å²) in [5.74, 6) is 2.10. The van der Waals surface area contributed by atoms with E-state index in [4.69, 9.17) is 4.42 Å². The Hall–Kier alpha value is -1.43. The van der Waals surface area contributed by atoms with Crippen molar-refractivity contribution in [2.24, 2.45) is 0 Å². The maximum atomic E-state index is 12.3. The van der Waals surface area contributed by atoms with Crippen LogP contribution in [0.3, 0.4) is 0 Å². The Kier molecular flexibility index (Phi) is 6.16. The van der Waals surface area contributed by atoms with E-state index in [9.17, 15) is 9.59 Å². The van der Waals surface area contributed by atoms with Crippen molar-refractivity contribution in [1.29, 1.82) is 0 Å². The number of carbonyl (C=O) groups excluding carboxylic acids is 2. The van der Waals surface area contributed by atoms with Crippen LogP contribution in [0.2, 0.25) is 0 Å². The third-order valence-electron chi connectivity index (χ3n) is 4.39. The van der Waals surface area contributed by atoms with E-state index < -0.39 is 0 Å². The second-order valence-corrected chi connectivity index (χ2v) is 7.64. The van der Waals surface area contributed by atoms with E-state index in [1.807, 2.05) is 18.8 Å². The van der Waals surface area contributed by atoms with Gasteiger partial charge in [0.15, 0.2) is 0 Å². The quantitative estimate of drug-likeness (QED) is 0.866. The van der Waals surface area contributed by atoms with Crippen LogP contribution >= 0.6 is 11.8 Å². The molecule has 0 aromatic carbocycles. The van der Waals surface area contributed by atoms with E-state index in [0.29, 0.717) is 28.4 Å². The summed E-state index contributed by atoms with van der Waals surface area (Å²) in [5.41, 5.74) is 0.498. The number of thioether (sulfide) groups is 1. The normalized spacial score (nSPS) is 20.5. The highest BCUT2D eigenvalue weighted by atomic mass is 32.2. The van der Waals surface area contributed by atoms with E-state index in [1.165, 1.54) is 6.42 Å². The van der Waals surface area contributed by atoms with Crippen molar-refractivity contribution < 1.29 is 14.0 Å².